The fraction of sp³-hybridized carbons (Fsp3) is 0.455. The van der Waals surface area contributed by atoms with Crippen LogP contribution in [0.5, 0.6) is 0 Å². The van der Waals surface area contributed by atoms with Gasteiger partial charge in [0.25, 0.3) is 0 Å². The molecule has 0 spiro atoms. The Kier molecular flexibility index (Phi) is 4.43. The van der Waals surface area contributed by atoms with Crippen molar-refractivity contribution in [1.82, 2.24) is 0 Å². The van der Waals surface area contributed by atoms with Crippen molar-refractivity contribution < 1.29 is 16.8 Å². The average Bonchev–Trinajstić information content (AvgIpc) is 2.29. The third-order valence-electron chi connectivity index (χ3n) is 3.09. The Labute approximate surface area is 126 Å². The van der Waals surface area contributed by atoms with Crippen molar-refractivity contribution in [2.75, 3.05) is 16.8 Å². The van der Waals surface area contributed by atoms with Crippen LogP contribution in [0.3, 0.4) is 0 Å². The number of rotatable bonds is 3. The second-order valence-electron chi connectivity index (χ2n) is 4.78. The Morgan fingerprint density at radius 3 is 2.60 bits per heavy atom. The predicted octanol–water partition coefficient (Wildman–Crippen LogP) is 1.09. The summed E-state index contributed by atoms with van der Waals surface area (Å²) in [5, 5.41) is 8.17. The highest BCUT2D eigenvalue weighted by atomic mass is 79.9. The summed E-state index contributed by atoms with van der Waals surface area (Å²) in [6.07, 6.45) is 1.40. The number of primary sulfonamides is 1. The summed E-state index contributed by atoms with van der Waals surface area (Å²) in [5.74, 6) is 0.326. The van der Waals surface area contributed by atoms with Crippen LogP contribution in [-0.2, 0) is 19.9 Å². The Balaban J connectivity index is 2.18. The molecule has 20 heavy (non-hydrogen) atoms. The number of hydrogen-bond acceptors (Lipinski definition) is 5. The average molecular weight is 383 g/mol. The number of anilines is 1. The topological polar surface area (TPSA) is 106 Å². The second kappa shape index (κ2) is 5.63. The number of hydrogen-bond donors (Lipinski definition) is 2. The van der Waals surface area contributed by atoms with E-state index in [0.717, 1.165) is 6.42 Å². The molecular weight excluding hydrogens is 368 g/mol. The first kappa shape index (κ1) is 15.7. The molecule has 1 aliphatic rings. The number of sulfonamides is 1. The maximum absolute atomic E-state index is 11.6. The van der Waals surface area contributed by atoms with Gasteiger partial charge in [-0.05, 0) is 47.0 Å². The zero-order valence-corrected chi connectivity index (χ0v) is 13.8. The first-order valence-corrected chi connectivity index (χ1v) is 10.1. The minimum Gasteiger partial charge on any atom is -0.380 e. The van der Waals surface area contributed by atoms with E-state index >= 15 is 0 Å². The van der Waals surface area contributed by atoms with Gasteiger partial charge >= 0.3 is 0 Å². The molecule has 0 radical (unpaired) electrons. The van der Waals surface area contributed by atoms with Crippen LogP contribution in [0, 0.1) is 0 Å². The molecule has 3 N–H and O–H groups in total. The molecule has 1 unspecified atom stereocenters. The maximum atomic E-state index is 11.6. The standard InChI is InChI=1S/C11H15BrN2O4S2/c12-10-6-9(20(13,17)18)3-4-11(10)14-8-2-1-5-19(15,16)7-8/h3-4,6,8,14H,1-2,5,7H2,(H2,13,17,18). The van der Waals surface area contributed by atoms with Crippen LogP contribution in [-0.4, -0.2) is 34.4 Å². The first-order chi connectivity index (χ1) is 9.17. The van der Waals surface area contributed by atoms with Gasteiger partial charge in [-0.25, -0.2) is 22.0 Å². The molecule has 1 aromatic rings. The molecule has 2 rings (SSSR count). The van der Waals surface area contributed by atoms with Gasteiger partial charge < -0.3 is 5.32 Å². The number of nitrogens with one attached hydrogen (secondary N) is 1. The molecule has 1 atom stereocenters. The molecule has 9 heteroatoms. The highest BCUT2D eigenvalue weighted by molar-refractivity contribution is 9.10. The smallest absolute Gasteiger partial charge is 0.238 e. The second-order valence-corrected chi connectivity index (χ2v) is 9.43. The molecule has 1 fully saturated rings. The summed E-state index contributed by atoms with van der Waals surface area (Å²) in [5.41, 5.74) is 0.652. The zero-order chi connectivity index (χ0) is 15.0. The van der Waals surface area contributed by atoms with Crippen molar-refractivity contribution in [3.8, 4) is 0 Å². The van der Waals surface area contributed by atoms with Gasteiger partial charge in [-0.3, -0.25) is 0 Å². The SMILES string of the molecule is NS(=O)(=O)c1ccc(NC2CCCS(=O)(=O)C2)c(Br)c1. The van der Waals surface area contributed by atoms with E-state index in [4.69, 9.17) is 5.14 Å². The monoisotopic (exact) mass is 382 g/mol. The minimum absolute atomic E-state index is 0.00573. The molecule has 0 bridgehead atoms. The lowest BCUT2D eigenvalue weighted by atomic mass is 10.1. The Bertz CT molecular complexity index is 716. The summed E-state index contributed by atoms with van der Waals surface area (Å²) in [7, 11) is -6.74. The lowest BCUT2D eigenvalue weighted by Gasteiger charge is -2.24. The summed E-state index contributed by atoms with van der Waals surface area (Å²) >= 11 is 3.26. The predicted molar refractivity (Wildman–Crippen MR) is 80.8 cm³/mol. The van der Waals surface area contributed by atoms with Crippen LogP contribution >= 0.6 is 15.9 Å². The van der Waals surface area contributed by atoms with Crippen LogP contribution in [0.15, 0.2) is 27.6 Å². The molecule has 112 valence electrons. The van der Waals surface area contributed by atoms with Gasteiger partial charge in [0.05, 0.1) is 16.4 Å². The molecule has 1 saturated heterocycles. The fourth-order valence-corrected chi connectivity index (χ4v) is 4.97. The van der Waals surface area contributed by atoms with Crippen molar-refractivity contribution >= 4 is 41.5 Å². The van der Waals surface area contributed by atoms with Gasteiger partial charge in [-0.1, -0.05) is 0 Å². The van der Waals surface area contributed by atoms with Gasteiger partial charge in [-0.2, -0.15) is 0 Å². The van der Waals surface area contributed by atoms with Crippen LogP contribution in [0.1, 0.15) is 12.8 Å². The lowest BCUT2D eigenvalue weighted by Crippen LogP contribution is -2.34. The number of nitrogens with two attached hydrogens (primary N) is 1. The molecule has 0 aliphatic carbocycles. The van der Waals surface area contributed by atoms with Gasteiger partial charge in [0, 0.05) is 16.2 Å². The van der Waals surface area contributed by atoms with E-state index in [9.17, 15) is 16.8 Å². The van der Waals surface area contributed by atoms with Crippen molar-refractivity contribution in [3.05, 3.63) is 22.7 Å². The molecule has 1 aliphatic heterocycles. The Morgan fingerprint density at radius 2 is 2.05 bits per heavy atom. The lowest BCUT2D eigenvalue weighted by molar-refractivity contribution is 0.562. The Hall–Kier alpha value is -0.640. The number of sulfone groups is 1. The van der Waals surface area contributed by atoms with E-state index in [0.29, 0.717) is 16.6 Å². The number of benzene rings is 1. The minimum atomic E-state index is -3.75. The molecule has 0 amide bonds. The van der Waals surface area contributed by atoms with Gasteiger partial charge in [0.15, 0.2) is 9.84 Å². The van der Waals surface area contributed by atoms with Crippen LogP contribution in [0.2, 0.25) is 0 Å². The molecular formula is C11H15BrN2O4S2. The molecule has 1 aromatic carbocycles. The summed E-state index contributed by atoms with van der Waals surface area (Å²) in [6.45, 7) is 0. The fourth-order valence-electron chi connectivity index (χ4n) is 2.15. The van der Waals surface area contributed by atoms with Crippen molar-refractivity contribution in [2.24, 2.45) is 5.14 Å². The summed E-state index contributed by atoms with van der Waals surface area (Å²) in [4.78, 5) is 0.00573. The third kappa shape index (κ3) is 3.94. The highest BCUT2D eigenvalue weighted by Gasteiger charge is 2.25. The maximum Gasteiger partial charge on any atom is 0.238 e. The van der Waals surface area contributed by atoms with Gasteiger partial charge in [0.1, 0.15) is 0 Å². The zero-order valence-electron chi connectivity index (χ0n) is 10.5. The van der Waals surface area contributed by atoms with E-state index in [-0.39, 0.29) is 22.4 Å². The summed E-state index contributed by atoms with van der Waals surface area (Å²) < 4.78 is 46.1. The molecule has 1 heterocycles. The molecule has 0 aromatic heterocycles. The van der Waals surface area contributed by atoms with E-state index in [1.165, 1.54) is 12.1 Å². The highest BCUT2D eigenvalue weighted by Crippen LogP contribution is 2.27. The normalized spacial score (nSPS) is 22.4. The first-order valence-electron chi connectivity index (χ1n) is 5.97. The van der Waals surface area contributed by atoms with E-state index < -0.39 is 19.9 Å². The van der Waals surface area contributed by atoms with Crippen molar-refractivity contribution in [1.29, 1.82) is 0 Å². The van der Waals surface area contributed by atoms with E-state index in [2.05, 4.69) is 21.2 Å². The largest absolute Gasteiger partial charge is 0.380 e. The molecule has 0 saturated carbocycles. The van der Waals surface area contributed by atoms with Crippen LogP contribution in [0.25, 0.3) is 0 Å². The number of halogens is 1. The van der Waals surface area contributed by atoms with Gasteiger partial charge in [-0.15, -0.1) is 0 Å². The van der Waals surface area contributed by atoms with Crippen molar-refractivity contribution in [3.63, 3.8) is 0 Å². The van der Waals surface area contributed by atoms with Gasteiger partial charge in [0.2, 0.25) is 10.0 Å². The van der Waals surface area contributed by atoms with Crippen LogP contribution in [0.4, 0.5) is 5.69 Å². The van der Waals surface area contributed by atoms with Crippen LogP contribution < -0.4 is 10.5 Å². The quantitative estimate of drug-likeness (QED) is 0.813. The van der Waals surface area contributed by atoms with Crippen molar-refractivity contribution in [2.45, 2.75) is 23.8 Å². The van der Waals surface area contributed by atoms with E-state index in [1.54, 1.807) is 6.07 Å². The van der Waals surface area contributed by atoms with E-state index in [1.807, 2.05) is 0 Å². The summed E-state index contributed by atoms with van der Waals surface area (Å²) in [6, 6.07) is 4.20. The third-order valence-corrected chi connectivity index (χ3v) is 6.48. The Morgan fingerprint density at radius 1 is 1.35 bits per heavy atom. The molecule has 6 nitrogen and oxygen atoms in total.